The molecule has 1 atom stereocenters. The second-order valence-electron chi connectivity index (χ2n) is 3.13. The maximum absolute atomic E-state index is 11.1. The van der Waals surface area contributed by atoms with Crippen LogP contribution in [-0.4, -0.2) is 20.2 Å². The van der Waals surface area contributed by atoms with Crippen molar-refractivity contribution in [3.63, 3.8) is 0 Å². The van der Waals surface area contributed by atoms with Gasteiger partial charge in [0.2, 0.25) is 0 Å². The van der Waals surface area contributed by atoms with Gasteiger partial charge in [0.05, 0.1) is 20.6 Å². The van der Waals surface area contributed by atoms with Crippen LogP contribution in [0, 0.1) is 0 Å². The quantitative estimate of drug-likeness (QED) is 0.758. The van der Waals surface area contributed by atoms with E-state index in [1.54, 1.807) is 7.11 Å². The first-order valence-corrected chi connectivity index (χ1v) is 4.64. The van der Waals surface area contributed by atoms with Crippen LogP contribution in [0.25, 0.3) is 0 Å². The van der Waals surface area contributed by atoms with Gasteiger partial charge in [0.1, 0.15) is 5.75 Å². The molecular weight excluding hydrogens is 194 g/mol. The summed E-state index contributed by atoms with van der Waals surface area (Å²) in [5.41, 5.74) is 6.68. The van der Waals surface area contributed by atoms with Crippen LogP contribution < -0.4 is 10.5 Å². The van der Waals surface area contributed by atoms with Crippen molar-refractivity contribution in [2.45, 2.75) is 12.5 Å². The summed E-state index contributed by atoms with van der Waals surface area (Å²) in [7, 11) is 2.92. The number of esters is 1. The Bertz CT molecular complexity index is 338. The van der Waals surface area contributed by atoms with Crippen molar-refractivity contribution in [2.75, 3.05) is 14.2 Å². The first kappa shape index (κ1) is 11.5. The molecule has 0 heterocycles. The van der Waals surface area contributed by atoms with Crippen LogP contribution in [0.5, 0.6) is 5.75 Å². The predicted molar refractivity (Wildman–Crippen MR) is 56.6 cm³/mol. The molecule has 0 saturated heterocycles. The topological polar surface area (TPSA) is 61.5 Å². The van der Waals surface area contributed by atoms with Crippen LogP contribution in [0.15, 0.2) is 24.3 Å². The van der Waals surface area contributed by atoms with Gasteiger partial charge in [-0.15, -0.1) is 0 Å². The fraction of sp³-hybridized carbons (Fsp3) is 0.364. The van der Waals surface area contributed by atoms with Crippen LogP contribution in [-0.2, 0) is 9.53 Å². The summed E-state index contributed by atoms with van der Waals surface area (Å²) in [6.45, 7) is 0. The lowest BCUT2D eigenvalue weighted by Crippen LogP contribution is -2.17. The van der Waals surface area contributed by atoms with Gasteiger partial charge in [-0.3, -0.25) is 4.79 Å². The summed E-state index contributed by atoms with van der Waals surface area (Å²) in [5, 5.41) is 0. The Balaban J connectivity index is 2.80. The fourth-order valence-electron chi connectivity index (χ4n) is 1.35. The molecule has 0 amide bonds. The average molecular weight is 209 g/mol. The van der Waals surface area contributed by atoms with E-state index in [-0.39, 0.29) is 12.4 Å². The average Bonchev–Trinajstić information content (AvgIpc) is 2.28. The molecule has 0 aliphatic heterocycles. The van der Waals surface area contributed by atoms with Crippen molar-refractivity contribution in [3.05, 3.63) is 29.8 Å². The predicted octanol–water partition coefficient (Wildman–Crippen LogP) is 1.26. The largest absolute Gasteiger partial charge is 0.496 e. The minimum Gasteiger partial charge on any atom is -0.496 e. The van der Waals surface area contributed by atoms with Crippen LogP contribution in [0.3, 0.4) is 0 Å². The molecular formula is C11H15NO3. The molecule has 1 aromatic rings. The SMILES string of the molecule is COC(=O)C[C@H](N)c1ccccc1OC. The fourth-order valence-corrected chi connectivity index (χ4v) is 1.35. The molecule has 1 aromatic carbocycles. The Kier molecular flexibility index (Phi) is 4.12. The highest BCUT2D eigenvalue weighted by Crippen LogP contribution is 2.25. The van der Waals surface area contributed by atoms with Crippen LogP contribution in [0.4, 0.5) is 0 Å². The molecule has 0 aromatic heterocycles. The Morgan fingerprint density at radius 1 is 1.40 bits per heavy atom. The summed E-state index contributed by atoms with van der Waals surface area (Å²) < 4.78 is 9.71. The van der Waals surface area contributed by atoms with E-state index >= 15 is 0 Å². The van der Waals surface area contributed by atoms with Gasteiger partial charge in [0, 0.05) is 11.6 Å². The van der Waals surface area contributed by atoms with E-state index in [2.05, 4.69) is 4.74 Å². The number of para-hydroxylation sites is 1. The van der Waals surface area contributed by atoms with E-state index in [9.17, 15) is 4.79 Å². The van der Waals surface area contributed by atoms with E-state index in [1.165, 1.54) is 7.11 Å². The van der Waals surface area contributed by atoms with Crippen molar-refractivity contribution >= 4 is 5.97 Å². The Hall–Kier alpha value is -1.55. The van der Waals surface area contributed by atoms with Gasteiger partial charge in [-0.05, 0) is 6.07 Å². The van der Waals surface area contributed by atoms with E-state index in [1.807, 2.05) is 24.3 Å². The highest BCUT2D eigenvalue weighted by Gasteiger charge is 2.15. The minimum absolute atomic E-state index is 0.150. The molecule has 0 unspecified atom stereocenters. The second kappa shape index (κ2) is 5.36. The summed E-state index contributed by atoms with van der Waals surface area (Å²) >= 11 is 0. The third-order valence-electron chi connectivity index (χ3n) is 2.15. The molecule has 82 valence electrons. The summed E-state index contributed by atoms with van der Waals surface area (Å²) in [6, 6.07) is 6.97. The number of ether oxygens (including phenoxy) is 2. The normalized spacial score (nSPS) is 11.9. The van der Waals surface area contributed by atoms with Crippen molar-refractivity contribution in [2.24, 2.45) is 5.73 Å². The molecule has 4 nitrogen and oxygen atoms in total. The Morgan fingerprint density at radius 3 is 2.67 bits per heavy atom. The first-order valence-electron chi connectivity index (χ1n) is 4.64. The lowest BCUT2D eigenvalue weighted by Gasteiger charge is -2.14. The molecule has 15 heavy (non-hydrogen) atoms. The molecule has 0 aliphatic rings. The number of hydrogen-bond donors (Lipinski definition) is 1. The zero-order chi connectivity index (χ0) is 11.3. The van der Waals surface area contributed by atoms with Gasteiger partial charge >= 0.3 is 5.97 Å². The number of carbonyl (C=O) groups excluding carboxylic acids is 1. The second-order valence-corrected chi connectivity index (χ2v) is 3.13. The molecule has 0 spiro atoms. The highest BCUT2D eigenvalue weighted by molar-refractivity contribution is 5.70. The van der Waals surface area contributed by atoms with E-state index in [0.29, 0.717) is 5.75 Å². The molecule has 4 heteroatoms. The van der Waals surface area contributed by atoms with Gasteiger partial charge in [-0.25, -0.2) is 0 Å². The number of rotatable bonds is 4. The van der Waals surface area contributed by atoms with Gasteiger partial charge in [-0.1, -0.05) is 18.2 Å². The van der Waals surface area contributed by atoms with Crippen molar-refractivity contribution in [1.82, 2.24) is 0 Å². The zero-order valence-electron chi connectivity index (χ0n) is 8.90. The maximum Gasteiger partial charge on any atom is 0.307 e. The molecule has 0 saturated carbocycles. The summed E-state index contributed by atoms with van der Waals surface area (Å²) in [4.78, 5) is 11.1. The van der Waals surface area contributed by atoms with Gasteiger partial charge < -0.3 is 15.2 Å². The molecule has 0 fully saturated rings. The van der Waals surface area contributed by atoms with Gasteiger partial charge in [0.15, 0.2) is 0 Å². The minimum atomic E-state index is -0.395. The van der Waals surface area contributed by atoms with Crippen molar-refractivity contribution in [3.8, 4) is 5.75 Å². The standard InChI is InChI=1S/C11H15NO3/c1-14-10-6-4-3-5-8(10)9(12)7-11(13)15-2/h3-6,9H,7,12H2,1-2H3/t9-/m0/s1. The van der Waals surface area contributed by atoms with Crippen molar-refractivity contribution in [1.29, 1.82) is 0 Å². The van der Waals surface area contributed by atoms with Crippen LogP contribution >= 0.6 is 0 Å². The number of methoxy groups -OCH3 is 2. The van der Waals surface area contributed by atoms with E-state index < -0.39 is 6.04 Å². The molecule has 0 aliphatic carbocycles. The van der Waals surface area contributed by atoms with Gasteiger partial charge in [-0.2, -0.15) is 0 Å². The van der Waals surface area contributed by atoms with Crippen molar-refractivity contribution < 1.29 is 14.3 Å². The first-order chi connectivity index (χ1) is 7.19. The summed E-state index contributed by atoms with van der Waals surface area (Å²) in [6.07, 6.45) is 0.150. The maximum atomic E-state index is 11.1. The Labute approximate surface area is 89.0 Å². The monoisotopic (exact) mass is 209 g/mol. The molecule has 2 N–H and O–H groups in total. The molecule has 0 radical (unpaired) electrons. The number of hydrogen-bond acceptors (Lipinski definition) is 4. The number of benzene rings is 1. The van der Waals surface area contributed by atoms with Crippen LogP contribution in [0.1, 0.15) is 18.0 Å². The Morgan fingerprint density at radius 2 is 2.07 bits per heavy atom. The number of nitrogens with two attached hydrogens (primary N) is 1. The third-order valence-corrected chi connectivity index (χ3v) is 2.15. The van der Waals surface area contributed by atoms with Gasteiger partial charge in [0.25, 0.3) is 0 Å². The lowest BCUT2D eigenvalue weighted by molar-refractivity contribution is -0.141. The summed E-state index contributed by atoms with van der Waals surface area (Å²) in [5.74, 6) is 0.363. The lowest BCUT2D eigenvalue weighted by atomic mass is 10.0. The molecule has 0 bridgehead atoms. The third kappa shape index (κ3) is 2.95. The van der Waals surface area contributed by atoms with Crippen LogP contribution in [0.2, 0.25) is 0 Å². The highest BCUT2D eigenvalue weighted by atomic mass is 16.5. The number of carbonyl (C=O) groups is 1. The zero-order valence-corrected chi connectivity index (χ0v) is 8.90. The van der Waals surface area contributed by atoms with E-state index in [0.717, 1.165) is 5.56 Å². The smallest absolute Gasteiger partial charge is 0.307 e. The van der Waals surface area contributed by atoms with E-state index in [4.69, 9.17) is 10.5 Å². The molecule has 1 rings (SSSR count).